The molecule has 1 aliphatic rings. The maximum absolute atomic E-state index is 13.3. The average molecular weight is 399 g/mol. The lowest BCUT2D eigenvalue weighted by molar-refractivity contribution is -0.154. The zero-order valence-electron chi connectivity index (χ0n) is 16.6. The Balaban J connectivity index is 1.52. The number of halogens is 1. The summed E-state index contributed by atoms with van der Waals surface area (Å²) in [5.41, 5.74) is 0.956. The van der Waals surface area contributed by atoms with Crippen LogP contribution in [0.2, 0.25) is 0 Å². The zero-order valence-corrected chi connectivity index (χ0v) is 16.6. The molecule has 0 heterocycles. The second-order valence-corrected chi connectivity index (χ2v) is 7.28. The van der Waals surface area contributed by atoms with Crippen molar-refractivity contribution in [2.24, 2.45) is 0 Å². The van der Waals surface area contributed by atoms with Crippen LogP contribution in [0.4, 0.5) is 4.39 Å². The largest absolute Gasteiger partial charge is 0.496 e. The molecule has 1 fully saturated rings. The van der Waals surface area contributed by atoms with Crippen LogP contribution in [-0.4, -0.2) is 32.1 Å². The first-order valence-corrected chi connectivity index (χ1v) is 9.87. The van der Waals surface area contributed by atoms with Crippen molar-refractivity contribution in [3.63, 3.8) is 0 Å². The number of esters is 1. The molecule has 2 aromatic carbocycles. The molecule has 1 N–H and O–H groups in total. The third-order valence-electron chi connectivity index (χ3n) is 5.49. The summed E-state index contributed by atoms with van der Waals surface area (Å²) in [6, 6.07) is 13.6. The van der Waals surface area contributed by atoms with Gasteiger partial charge in [-0.05, 0) is 48.6 Å². The van der Waals surface area contributed by atoms with Gasteiger partial charge in [0.25, 0.3) is 5.91 Å². The second-order valence-electron chi connectivity index (χ2n) is 7.28. The van der Waals surface area contributed by atoms with Crippen molar-refractivity contribution in [1.29, 1.82) is 0 Å². The van der Waals surface area contributed by atoms with E-state index in [1.807, 2.05) is 24.3 Å². The van der Waals surface area contributed by atoms with E-state index in [0.717, 1.165) is 29.7 Å². The zero-order chi connectivity index (χ0) is 20.7. The minimum absolute atomic E-state index is 0.326. The minimum Gasteiger partial charge on any atom is -0.496 e. The highest BCUT2D eigenvalue weighted by Gasteiger charge is 2.44. The van der Waals surface area contributed by atoms with Crippen molar-refractivity contribution in [2.75, 3.05) is 20.3 Å². The molecule has 0 radical (unpaired) electrons. The minimum atomic E-state index is -0.786. The quantitative estimate of drug-likeness (QED) is 0.690. The first-order chi connectivity index (χ1) is 14.0. The van der Waals surface area contributed by atoms with Crippen LogP contribution in [0.25, 0.3) is 0 Å². The molecule has 0 aromatic heterocycles. The molecule has 154 valence electrons. The smallest absolute Gasteiger partial charge is 0.317 e. The van der Waals surface area contributed by atoms with Crippen molar-refractivity contribution in [3.05, 3.63) is 65.5 Å². The molecule has 1 saturated carbocycles. The number of ether oxygens (including phenoxy) is 2. The highest BCUT2D eigenvalue weighted by atomic mass is 19.1. The van der Waals surface area contributed by atoms with Gasteiger partial charge in [-0.25, -0.2) is 4.39 Å². The molecule has 5 nitrogen and oxygen atoms in total. The van der Waals surface area contributed by atoms with Gasteiger partial charge in [0.05, 0.1) is 12.5 Å². The Hall–Kier alpha value is -2.89. The predicted octanol–water partition coefficient (Wildman–Crippen LogP) is 3.55. The number of methoxy groups -OCH3 is 1. The van der Waals surface area contributed by atoms with Crippen LogP contribution in [-0.2, 0) is 26.2 Å². The summed E-state index contributed by atoms with van der Waals surface area (Å²) in [4.78, 5) is 24.9. The van der Waals surface area contributed by atoms with E-state index in [9.17, 15) is 14.0 Å². The van der Waals surface area contributed by atoms with Gasteiger partial charge in [-0.1, -0.05) is 43.2 Å². The summed E-state index contributed by atoms with van der Waals surface area (Å²) in [6.07, 6.45) is 3.71. The van der Waals surface area contributed by atoms with Gasteiger partial charge in [0, 0.05) is 6.54 Å². The summed E-state index contributed by atoms with van der Waals surface area (Å²) in [5, 5.41) is 2.77. The molecule has 0 spiro atoms. The van der Waals surface area contributed by atoms with Crippen molar-refractivity contribution in [1.82, 2.24) is 5.32 Å². The van der Waals surface area contributed by atoms with E-state index in [4.69, 9.17) is 9.47 Å². The lowest BCUT2D eigenvalue weighted by Gasteiger charge is -2.27. The first kappa shape index (κ1) is 20.8. The molecule has 2 aromatic rings. The van der Waals surface area contributed by atoms with Crippen molar-refractivity contribution >= 4 is 11.9 Å². The van der Waals surface area contributed by atoms with Crippen molar-refractivity contribution in [2.45, 2.75) is 37.5 Å². The molecular formula is C23H26FNO4. The summed E-state index contributed by atoms with van der Waals surface area (Å²) in [5.74, 6) is -0.331. The maximum atomic E-state index is 13.3. The van der Waals surface area contributed by atoms with E-state index in [0.29, 0.717) is 25.8 Å². The van der Waals surface area contributed by atoms with Gasteiger partial charge in [0.2, 0.25) is 0 Å². The number of nitrogens with one attached hydrogen (secondary N) is 1. The van der Waals surface area contributed by atoms with Crippen molar-refractivity contribution < 1.29 is 23.5 Å². The Morgan fingerprint density at radius 1 is 1.07 bits per heavy atom. The van der Waals surface area contributed by atoms with Crippen LogP contribution >= 0.6 is 0 Å². The Bertz CT molecular complexity index is 844. The lowest BCUT2D eigenvalue weighted by atomic mass is 9.79. The highest BCUT2D eigenvalue weighted by Crippen LogP contribution is 2.42. The van der Waals surface area contributed by atoms with Crippen molar-refractivity contribution in [3.8, 4) is 5.75 Å². The Morgan fingerprint density at radius 2 is 1.76 bits per heavy atom. The highest BCUT2D eigenvalue weighted by molar-refractivity contribution is 5.86. The average Bonchev–Trinajstić information content (AvgIpc) is 3.24. The number of hydrogen-bond donors (Lipinski definition) is 1. The Morgan fingerprint density at radius 3 is 2.45 bits per heavy atom. The second kappa shape index (κ2) is 9.54. The topological polar surface area (TPSA) is 64.6 Å². The van der Waals surface area contributed by atoms with Gasteiger partial charge >= 0.3 is 5.97 Å². The van der Waals surface area contributed by atoms with Crippen LogP contribution in [0, 0.1) is 5.82 Å². The van der Waals surface area contributed by atoms with Gasteiger partial charge in [0.1, 0.15) is 11.6 Å². The maximum Gasteiger partial charge on any atom is 0.317 e. The van der Waals surface area contributed by atoms with Crippen LogP contribution < -0.4 is 10.1 Å². The third kappa shape index (κ3) is 4.94. The number of rotatable bonds is 8. The van der Waals surface area contributed by atoms with E-state index in [1.54, 1.807) is 19.2 Å². The van der Waals surface area contributed by atoms with Gasteiger partial charge in [-0.15, -0.1) is 0 Å². The summed E-state index contributed by atoms with van der Waals surface area (Å²) < 4.78 is 23.9. The molecule has 3 rings (SSSR count). The number of carbonyl (C=O) groups is 2. The fourth-order valence-electron chi connectivity index (χ4n) is 3.92. The normalized spacial score (nSPS) is 15.0. The molecule has 1 amide bonds. The molecule has 6 heteroatoms. The Labute approximate surface area is 170 Å². The summed E-state index contributed by atoms with van der Waals surface area (Å²) >= 11 is 0. The van der Waals surface area contributed by atoms with E-state index in [1.165, 1.54) is 12.1 Å². The SMILES string of the molecule is COc1ccccc1CCNC(=O)COC(=O)C1(c2ccc(F)cc2)CCCC1. The number of hydrogen-bond acceptors (Lipinski definition) is 4. The fraction of sp³-hybridized carbons (Fsp3) is 0.391. The Kier molecular flexibility index (Phi) is 6.86. The van der Waals surface area contributed by atoms with Gasteiger partial charge in [-0.2, -0.15) is 0 Å². The van der Waals surface area contributed by atoms with E-state index >= 15 is 0 Å². The molecule has 29 heavy (non-hydrogen) atoms. The molecule has 0 atom stereocenters. The summed E-state index contributed by atoms with van der Waals surface area (Å²) in [7, 11) is 1.61. The van der Waals surface area contributed by atoms with E-state index < -0.39 is 11.4 Å². The van der Waals surface area contributed by atoms with Gasteiger partial charge in [0.15, 0.2) is 6.61 Å². The van der Waals surface area contributed by atoms with Crippen LogP contribution in [0.1, 0.15) is 36.8 Å². The third-order valence-corrected chi connectivity index (χ3v) is 5.49. The molecule has 0 unspecified atom stereocenters. The number of amides is 1. The standard InChI is InChI=1S/C23H26FNO4/c1-28-20-7-3-2-6-17(20)12-15-25-21(26)16-29-22(27)23(13-4-5-14-23)18-8-10-19(24)11-9-18/h2-3,6-11H,4-5,12-16H2,1H3,(H,25,26). The van der Waals surface area contributed by atoms with Crippen LogP contribution in [0.15, 0.2) is 48.5 Å². The van der Waals surface area contributed by atoms with E-state index in [2.05, 4.69) is 5.32 Å². The van der Waals surface area contributed by atoms with Gasteiger partial charge in [-0.3, -0.25) is 9.59 Å². The molecule has 0 saturated heterocycles. The van der Waals surface area contributed by atoms with Gasteiger partial charge < -0.3 is 14.8 Å². The first-order valence-electron chi connectivity index (χ1n) is 9.87. The molecule has 1 aliphatic carbocycles. The number of carbonyl (C=O) groups excluding carboxylic acids is 2. The number of para-hydroxylation sites is 1. The molecular weight excluding hydrogens is 373 g/mol. The summed E-state index contributed by atoms with van der Waals surface area (Å²) in [6.45, 7) is 0.0908. The molecule has 0 bridgehead atoms. The monoisotopic (exact) mass is 399 g/mol. The van der Waals surface area contributed by atoms with Crippen LogP contribution in [0.5, 0.6) is 5.75 Å². The fourth-order valence-corrected chi connectivity index (χ4v) is 3.92. The number of benzene rings is 2. The van der Waals surface area contributed by atoms with E-state index in [-0.39, 0.29) is 18.3 Å². The molecule has 0 aliphatic heterocycles. The predicted molar refractivity (Wildman–Crippen MR) is 107 cm³/mol. The van der Waals surface area contributed by atoms with Crippen LogP contribution in [0.3, 0.4) is 0 Å². The lowest BCUT2D eigenvalue weighted by Crippen LogP contribution is -2.38.